The third-order valence-corrected chi connectivity index (χ3v) is 3.57. The zero-order valence-electron chi connectivity index (χ0n) is 8.53. The van der Waals surface area contributed by atoms with E-state index in [1.807, 2.05) is 0 Å². The van der Waals surface area contributed by atoms with Crippen molar-refractivity contribution in [3.8, 4) is 0 Å². The largest absolute Gasteiger partial charge is 0.380 e. The zero-order chi connectivity index (χ0) is 10.3. The Morgan fingerprint density at radius 2 is 2.33 bits per heavy atom. The van der Waals surface area contributed by atoms with Crippen molar-refractivity contribution < 1.29 is 19.1 Å². The quantitative estimate of drug-likeness (QED) is 0.663. The van der Waals surface area contributed by atoms with Crippen LogP contribution in [0.4, 0.5) is 0 Å². The molecule has 3 aliphatic rings. The van der Waals surface area contributed by atoms with Gasteiger partial charge in [0.25, 0.3) is 5.91 Å². The van der Waals surface area contributed by atoms with Crippen molar-refractivity contribution >= 4 is 5.91 Å². The van der Waals surface area contributed by atoms with Crippen LogP contribution in [0.2, 0.25) is 0 Å². The molecule has 3 atom stereocenters. The van der Waals surface area contributed by atoms with Crippen molar-refractivity contribution in [3.05, 3.63) is 0 Å². The molecule has 1 amide bonds. The molecular formula is C10H15NO4. The summed E-state index contributed by atoms with van der Waals surface area (Å²) in [5, 5.41) is 0. The number of fused-ring (bicyclic) bond motifs is 1. The van der Waals surface area contributed by atoms with Gasteiger partial charge >= 0.3 is 0 Å². The van der Waals surface area contributed by atoms with Gasteiger partial charge in [0.1, 0.15) is 6.10 Å². The molecule has 0 spiro atoms. The molecule has 5 nitrogen and oxygen atoms in total. The van der Waals surface area contributed by atoms with Gasteiger partial charge in [-0.05, 0) is 6.42 Å². The minimum atomic E-state index is -0.264. The van der Waals surface area contributed by atoms with Crippen molar-refractivity contribution in [2.45, 2.75) is 18.9 Å². The van der Waals surface area contributed by atoms with Crippen molar-refractivity contribution in [1.29, 1.82) is 0 Å². The van der Waals surface area contributed by atoms with Crippen LogP contribution in [-0.4, -0.2) is 38.4 Å². The number of carbonyl (C=O) groups is 1. The van der Waals surface area contributed by atoms with E-state index in [4.69, 9.17) is 14.3 Å². The Morgan fingerprint density at radius 1 is 1.40 bits per heavy atom. The number of rotatable bonds is 3. The first kappa shape index (κ1) is 9.57. The van der Waals surface area contributed by atoms with Gasteiger partial charge in [-0.2, -0.15) is 0 Å². The molecule has 2 heterocycles. The van der Waals surface area contributed by atoms with Gasteiger partial charge in [0, 0.05) is 18.9 Å². The van der Waals surface area contributed by atoms with Crippen LogP contribution in [0.25, 0.3) is 0 Å². The Morgan fingerprint density at radius 3 is 2.93 bits per heavy atom. The first-order valence-corrected chi connectivity index (χ1v) is 5.43. The average molecular weight is 213 g/mol. The second kappa shape index (κ2) is 3.43. The monoisotopic (exact) mass is 213 g/mol. The Kier molecular flexibility index (Phi) is 2.19. The predicted octanol–water partition coefficient (Wildman–Crippen LogP) is -0.140. The molecule has 1 aliphatic carbocycles. The standard InChI is InChI=1S/C10H15NO4/c12-9(10-3-7(10)4-14-6-10)11-15-8-1-2-13-5-8/h7-8H,1-6H2,(H,11,12)/t7-,8?,10-/m0/s1. The van der Waals surface area contributed by atoms with Gasteiger partial charge in [-0.3, -0.25) is 9.63 Å². The maximum absolute atomic E-state index is 11.8. The number of hydroxylamine groups is 1. The molecule has 3 fully saturated rings. The van der Waals surface area contributed by atoms with E-state index in [9.17, 15) is 4.79 Å². The van der Waals surface area contributed by atoms with E-state index in [0.29, 0.717) is 19.1 Å². The molecule has 1 saturated carbocycles. The van der Waals surface area contributed by atoms with Crippen molar-refractivity contribution in [2.75, 3.05) is 26.4 Å². The Bertz CT molecular complexity index is 277. The van der Waals surface area contributed by atoms with Crippen LogP contribution in [0.15, 0.2) is 0 Å². The van der Waals surface area contributed by atoms with E-state index in [-0.39, 0.29) is 17.4 Å². The molecule has 84 valence electrons. The Labute approximate surface area is 88.0 Å². The van der Waals surface area contributed by atoms with Gasteiger partial charge < -0.3 is 9.47 Å². The summed E-state index contributed by atoms with van der Waals surface area (Å²) in [7, 11) is 0. The molecule has 0 radical (unpaired) electrons. The van der Waals surface area contributed by atoms with Crippen LogP contribution in [0.5, 0.6) is 0 Å². The van der Waals surface area contributed by atoms with Crippen LogP contribution < -0.4 is 5.48 Å². The number of amides is 1. The molecule has 1 unspecified atom stereocenters. The van der Waals surface area contributed by atoms with Crippen molar-refractivity contribution in [3.63, 3.8) is 0 Å². The summed E-state index contributed by atoms with van der Waals surface area (Å²) >= 11 is 0. The minimum Gasteiger partial charge on any atom is -0.380 e. The van der Waals surface area contributed by atoms with E-state index in [2.05, 4.69) is 5.48 Å². The van der Waals surface area contributed by atoms with E-state index in [1.54, 1.807) is 0 Å². The highest BCUT2D eigenvalue weighted by atomic mass is 16.7. The van der Waals surface area contributed by atoms with Crippen LogP contribution in [-0.2, 0) is 19.1 Å². The fraction of sp³-hybridized carbons (Fsp3) is 0.900. The number of nitrogens with one attached hydrogen (secondary N) is 1. The van der Waals surface area contributed by atoms with Crippen LogP contribution >= 0.6 is 0 Å². The topological polar surface area (TPSA) is 56.8 Å². The van der Waals surface area contributed by atoms with E-state index in [1.165, 1.54) is 0 Å². The van der Waals surface area contributed by atoms with Crippen molar-refractivity contribution in [1.82, 2.24) is 5.48 Å². The molecule has 0 aromatic carbocycles. The zero-order valence-corrected chi connectivity index (χ0v) is 8.53. The van der Waals surface area contributed by atoms with Gasteiger partial charge in [-0.1, -0.05) is 0 Å². The second-order valence-electron chi connectivity index (χ2n) is 4.61. The smallest absolute Gasteiger partial charge is 0.252 e. The molecule has 0 aromatic heterocycles. The summed E-state index contributed by atoms with van der Waals surface area (Å²) in [4.78, 5) is 17.1. The predicted molar refractivity (Wildman–Crippen MR) is 49.8 cm³/mol. The lowest BCUT2D eigenvalue weighted by atomic mass is 10.1. The number of hydrogen-bond donors (Lipinski definition) is 1. The van der Waals surface area contributed by atoms with Gasteiger partial charge in [-0.15, -0.1) is 0 Å². The summed E-state index contributed by atoms with van der Waals surface area (Å²) in [5.41, 5.74) is 2.29. The maximum atomic E-state index is 11.8. The van der Waals surface area contributed by atoms with E-state index >= 15 is 0 Å². The van der Waals surface area contributed by atoms with Crippen LogP contribution in [0.3, 0.4) is 0 Å². The molecule has 2 aliphatic heterocycles. The maximum Gasteiger partial charge on any atom is 0.252 e. The second-order valence-corrected chi connectivity index (χ2v) is 4.61. The molecule has 2 saturated heterocycles. The molecule has 5 heteroatoms. The Hall–Kier alpha value is -0.650. The summed E-state index contributed by atoms with van der Waals surface area (Å²) in [6, 6.07) is 0. The summed E-state index contributed by atoms with van der Waals surface area (Å²) in [5.74, 6) is 0.401. The first-order chi connectivity index (χ1) is 7.31. The number of ether oxygens (including phenoxy) is 2. The average Bonchev–Trinajstić information content (AvgIpc) is 2.72. The highest BCUT2D eigenvalue weighted by Gasteiger charge is 2.63. The lowest BCUT2D eigenvalue weighted by molar-refractivity contribution is -0.144. The lowest BCUT2D eigenvalue weighted by Gasteiger charge is -2.14. The normalized spacial score (nSPS) is 42.7. The van der Waals surface area contributed by atoms with Gasteiger partial charge in [-0.25, -0.2) is 5.48 Å². The fourth-order valence-electron chi connectivity index (χ4n) is 2.35. The van der Waals surface area contributed by atoms with Crippen LogP contribution in [0.1, 0.15) is 12.8 Å². The van der Waals surface area contributed by atoms with Gasteiger partial charge in [0.15, 0.2) is 0 Å². The van der Waals surface area contributed by atoms with Gasteiger partial charge in [0.2, 0.25) is 0 Å². The molecule has 15 heavy (non-hydrogen) atoms. The third-order valence-electron chi connectivity index (χ3n) is 3.57. The SMILES string of the molecule is O=C(NOC1CCOC1)[C@@]12COC[C@@H]1C2. The highest BCUT2D eigenvalue weighted by molar-refractivity contribution is 5.85. The lowest BCUT2D eigenvalue weighted by Crippen LogP contribution is -2.37. The van der Waals surface area contributed by atoms with Crippen molar-refractivity contribution in [2.24, 2.45) is 11.3 Å². The number of carbonyl (C=O) groups excluding carboxylic acids is 1. The highest BCUT2D eigenvalue weighted by Crippen LogP contribution is 2.56. The Balaban J connectivity index is 1.49. The fourth-order valence-corrected chi connectivity index (χ4v) is 2.35. The summed E-state index contributed by atoms with van der Waals surface area (Å²) < 4.78 is 10.4. The molecule has 3 rings (SSSR count). The molecular weight excluding hydrogens is 198 g/mol. The van der Waals surface area contributed by atoms with Crippen LogP contribution in [0, 0.1) is 11.3 Å². The number of hydrogen-bond acceptors (Lipinski definition) is 4. The van der Waals surface area contributed by atoms with E-state index in [0.717, 1.165) is 26.1 Å². The molecule has 0 bridgehead atoms. The van der Waals surface area contributed by atoms with E-state index < -0.39 is 0 Å². The summed E-state index contributed by atoms with van der Waals surface area (Å²) in [6.07, 6.45) is 1.82. The van der Waals surface area contributed by atoms with Gasteiger partial charge in [0.05, 0.1) is 25.2 Å². The molecule has 1 N–H and O–H groups in total. The third kappa shape index (κ3) is 1.55. The summed E-state index contributed by atoms with van der Waals surface area (Å²) in [6.45, 7) is 2.57. The molecule has 0 aromatic rings. The minimum absolute atomic E-state index is 0.0168. The first-order valence-electron chi connectivity index (χ1n) is 5.43.